The third-order valence-electron chi connectivity index (χ3n) is 3.17. The Morgan fingerprint density at radius 1 is 1.43 bits per heavy atom. The lowest BCUT2D eigenvalue weighted by molar-refractivity contribution is -0.148. The van der Waals surface area contributed by atoms with Crippen molar-refractivity contribution in [1.82, 2.24) is 5.32 Å². The van der Waals surface area contributed by atoms with Crippen LogP contribution in [-0.2, 0) is 11.3 Å². The van der Waals surface area contributed by atoms with Gasteiger partial charge in [0.1, 0.15) is 12.4 Å². The molecular formula is C16H24BrNO3. The van der Waals surface area contributed by atoms with Gasteiger partial charge in [0.2, 0.25) is 0 Å². The molecular weight excluding hydrogens is 334 g/mol. The van der Waals surface area contributed by atoms with Crippen LogP contribution in [0, 0.1) is 12.3 Å². The molecule has 0 spiro atoms. The molecule has 1 rings (SSSR count). The third-order valence-corrected chi connectivity index (χ3v) is 3.63. The average molecular weight is 358 g/mol. The van der Waals surface area contributed by atoms with E-state index in [1.165, 1.54) is 0 Å². The monoisotopic (exact) mass is 357 g/mol. The van der Waals surface area contributed by atoms with Crippen LogP contribution in [0.1, 0.15) is 38.8 Å². The molecule has 0 aliphatic rings. The lowest BCUT2D eigenvalue weighted by Gasteiger charge is -2.22. The zero-order chi connectivity index (χ0) is 16.2. The number of nitrogens with one attached hydrogen (secondary N) is 1. The summed E-state index contributed by atoms with van der Waals surface area (Å²) in [4.78, 5) is 11.2. The highest BCUT2D eigenvalue weighted by Gasteiger charge is 2.28. The van der Waals surface area contributed by atoms with Gasteiger partial charge in [0, 0.05) is 22.6 Å². The van der Waals surface area contributed by atoms with Gasteiger partial charge in [-0.15, -0.1) is 0 Å². The molecule has 5 heteroatoms. The highest BCUT2D eigenvalue weighted by atomic mass is 79.9. The van der Waals surface area contributed by atoms with Crippen molar-refractivity contribution in [2.24, 2.45) is 5.41 Å². The average Bonchev–Trinajstić information content (AvgIpc) is 2.34. The fourth-order valence-corrected chi connectivity index (χ4v) is 2.39. The smallest absolute Gasteiger partial charge is 0.312 e. The van der Waals surface area contributed by atoms with Crippen LogP contribution in [0.3, 0.4) is 0 Å². The largest absolute Gasteiger partial charge is 0.492 e. The number of hydrogen-bond acceptors (Lipinski definition) is 3. The summed E-state index contributed by atoms with van der Waals surface area (Å²) in [6.07, 6.45) is 0. The van der Waals surface area contributed by atoms with E-state index in [9.17, 15) is 9.90 Å². The topological polar surface area (TPSA) is 58.6 Å². The number of hydrogen-bond donors (Lipinski definition) is 2. The molecule has 0 aromatic heterocycles. The Labute approximate surface area is 135 Å². The van der Waals surface area contributed by atoms with Crippen LogP contribution < -0.4 is 10.1 Å². The van der Waals surface area contributed by atoms with Gasteiger partial charge in [0.15, 0.2) is 0 Å². The summed E-state index contributed by atoms with van der Waals surface area (Å²) >= 11 is 3.49. The fraction of sp³-hybridized carbons (Fsp3) is 0.562. The van der Waals surface area contributed by atoms with Crippen molar-refractivity contribution >= 4 is 21.9 Å². The van der Waals surface area contributed by atoms with E-state index < -0.39 is 11.4 Å². The molecule has 0 unspecified atom stereocenters. The van der Waals surface area contributed by atoms with E-state index in [4.69, 9.17) is 4.74 Å². The zero-order valence-corrected chi connectivity index (χ0v) is 14.9. The second-order valence-corrected chi connectivity index (χ2v) is 7.14. The van der Waals surface area contributed by atoms with Crippen LogP contribution in [0.4, 0.5) is 0 Å². The van der Waals surface area contributed by atoms with E-state index in [0.29, 0.717) is 12.6 Å². The number of carbonyl (C=O) groups is 1. The van der Waals surface area contributed by atoms with Crippen molar-refractivity contribution in [2.75, 3.05) is 6.61 Å². The highest BCUT2D eigenvalue weighted by Crippen LogP contribution is 2.30. The summed E-state index contributed by atoms with van der Waals surface area (Å²) in [5, 5.41) is 12.5. The normalized spacial score (nSPS) is 11.8. The number of carboxylic acids is 1. The van der Waals surface area contributed by atoms with Crippen LogP contribution in [0.2, 0.25) is 0 Å². The van der Waals surface area contributed by atoms with Crippen molar-refractivity contribution in [1.29, 1.82) is 0 Å². The second-order valence-electron chi connectivity index (χ2n) is 6.22. The number of benzene rings is 1. The number of aryl methyl sites for hydroxylation is 1. The fourth-order valence-electron chi connectivity index (χ4n) is 1.77. The zero-order valence-electron chi connectivity index (χ0n) is 13.3. The van der Waals surface area contributed by atoms with Crippen LogP contribution in [0.25, 0.3) is 0 Å². The van der Waals surface area contributed by atoms with Crippen molar-refractivity contribution < 1.29 is 14.6 Å². The Morgan fingerprint density at radius 3 is 2.57 bits per heavy atom. The first kappa shape index (κ1) is 18.0. The maximum atomic E-state index is 11.2. The van der Waals surface area contributed by atoms with Crippen molar-refractivity contribution in [3.63, 3.8) is 0 Å². The lowest BCUT2D eigenvalue weighted by atomic mass is 9.95. The van der Waals surface area contributed by atoms with E-state index in [0.717, 1.165) is 21.3 Å². The number of carboxylic acid groups (broad SMARTS) is 1. The van der Waals surface area contributed by atoms with Gasteiger partial charge < -0.3 is 15.2 Å². The first-order chi connectivity index (χ1) is 9.63. The molecule has 0 fully saturated rings. The van der Waals surface area contributed by atoms with E-state index in [1.54, 1.807) is 13.8 Å². The molecule has 0 amide bonds. The minimum atomic E-state index is -0.914. The molecule has 0 bridgehead atoms. The first-order valence-electron chi connectivity index (χ1n) is 7.02. The number of rotatable bonds is 7. The molecule has 0 saturated carbocycles. The molecule has 0 heterocycles. The van der Waals surface area contributed by atoms with Gasteiger partial charge in [0.05, 0.1) is 5.41 Å². The SMILES string of the molecule is Cc1cc(Br)cc(CNC(C)C)c1OCC(C)(C)C(=O)O. The summed E-state index contributed by atoms with van der Waals surface area (Å²) in [5.74, 6) is -0.0974. The Hall–Kier alpha value is -1.07. The molecule has 21 heavy (non-hydrogen) atoms. The molecule has 1 aromatic rings. The standard InChI is InChI=1S/C16H24BrNO3/c1-10(2)18-8-12-7-13(17)6-11(3)14(12)21-9-16(4,5)15(19)20/h6-7,10,18H,8-9H2,1-5H3,(H,19,20). The molecule has 0 radical (unpaired) electrons. The van der Waals surface area contributed by atoms with Gasteiger partial charge in [-0.25, -0.2) is 0 Å². The number of aliphatic carboxylic acids is 1. The molecule has 4 nitrogen and oxygen atoms in total. The van der Waals surface area contributed by atoms with E-state index in [2.05, 4.69) is 35.1 Å². The maximum Gasteiger partial charge on any atom is 0.312 e. The minimum Gasteiger partial charge on any atom is -0.492 e. The van der Waals surface area contributed by atoms with Crippen LogP contribution >= 0.6 is 15.9 Å². The van der Waals surface area contributed by atoms with Gasteiger partial charge in [-0.2, -0.15) is 0 Å². The summed E-state index contributed by atoms with van der Waals surface area (Å²) in [6.45, 7) is 10.3. The summed E-state index contributed by atoms with van der Waals surface area (Å²) in [7, 11) is 0. The summed E-state index contributed by atoms with van der Waals surface area (Å²) in [5.41, 5.74) is 1.10. The lowest BCUT2D eigenvalue weighted by Crippen LogP contribution is -2.31. The van der Waals surface area contributed by atoms with Gasteiger partial charge >= 0.3 is 5.97 Å². The van der Waals surface area contributed by atoms with Gasteiger partial charge in [-0.1, -0.05) is 29.8 Å². The van der Waals surface area contributed by atoms with Gasteiger partial charge in [-0.3, -0.25) is 4.79 Å². The van der Waals surface area contributed by atoms with Crippen LogP contribution in [0.15, 0.2) is 16.6 Å². The second kappa shape index (κ2) is 7.27. The predicted octanol–water partition coefficient (Wildman–Crippen LogP) is 3.75. The van der Waals surface area contributed by atoms with Crippen molar-refractivity contribution in [2.45, 2.75) is 47.2 Å². The first-order valence-corrected chi connectivity index (χ1v) is 7.81. The molecule has 118 valence electrons. The molecule has 0 aliphatic heterocycles. The van der Waals surface area contributed by atoms with Gasteiger partial charge in [0.25, 0.3) is 0 Å². The Morgan fingerprint density at radius 2 is 2.05 bits per heavy atom. The third kappa shape index (κ3) is 5.32. The minimum absolute atomic E-state index is 0.138. The van der Waals surface area contributed by atoms with E-state index >= 15 is 0 Å². The predicted molar refractivity (Wildman–Crippen MR) is 87.8 cm³/mol. The Balaban J connectivity index is 2.96. The summed E-state index contributed by atoms with van der Waals surface area (Å²) in [6, 6.07) is 4.35. The van der Waals surface area contributed by atoms with Crippen molar-refractivity contribution in [3.05, 3.63) is 27.7 Å². The molecule has 1 aromatic carbocycles. The van der Waals surface area contributed by atoms with Gasteiger partial charge in [-0.05, 0) is 38.5 Å². The maximum absolute atomic E-state index is 11.2. The number of halogens is 1. The highest BCUT2D eigenvalue weighted by molar-refractivity contribution is 9.10. The van der Waals surface area contributed by atoms with Crippen LogP contribution in [0.5, 0.6) is 5.75 Å². The van der Waals surface area contributed by atoms with E-state index in [1.807, 2.05) is 19.1 Å². The van der Waals surface area contributed by atoms with Crippen LogP contribution in [-0.4, -0.2) is 23.7 Å². The molecule has 0 saturated heterocycles. The molecule has 2 N–H and O–H groups in total. The molecule has 0 atom stereocenters. The van der Waals surface area contributed by atoms with Crippen molar-refractivity contribution in [3.8, 4) is 5.75 Å². The Kier molecular flexibility index (Phi) is 6.23. The quantitative estimate of drug-likeness (QED) is 0.780. The summed E-state index contributed by atoms with van der Waals surface area (Å²) < 4.78 is 6.83. The van der Waals surface area contributed by atoms with E-state index in [-0.39, 0.29) is 6.61 Å². The number of ether oxygens (including phenoxy) is 1. The molecule has 0 aliphatic carbocycles. The Bertz CT molecular complexity index is 512.